The van der Waals surface area contributed by atoms with Gasteiger partial charge in [-0.2, -0.15) is 0 Å². The van der Waals surface area contributed by atoms with E-state index in [4.69, 9.17) is 0 Å². The van der Waals surface area contributed by atoms with E-state index in [1.54, 1.807) is 6.20 Å². The van der Waals surface area contributed by atoms with Crippen LogP contribution < -0.4 is 10.8 Å². The molecule has 0 unspecified atom stereocenters. The van der Waals surface area contributed by atoms with Gasteiger partial charge in [-0.1, -0.05) is 6.42 Å². The van der Waals surface area contributed by atoms with Crippen LogP contribution in [0.5, 0.6) is 0 Å². The quantitative estimate of drug-likeness (QED) is 0.817. The number of amides is 1. The lowest BCUT2D eigenvalue weighted by Crippen LogP contribution is -2.42. The molecule has 4 rings (SSSR count). The van der Waals surface area contributed by atoms with E-state index in [0.717, 1.165) is 42.6 Å². The van der Waals surface area contributed by atoms with E-state index < -0.39 is 5.60 Å². The summed E-state index contributed by atoms with van der Waals surface area (Å²) in [5.41, 5.74) is 2.06. The van der Waals surface area contributed by atoms with Crippen molar-refractivity contribution in [2.45, 2.75) is 70.4 Å². The van der Waals surface area contributed by atoms with Crippen LogP contribution in [0.3, 0.4) is 0 Å². The maximum Gasteiger partial charge on any atom is 0.253 e. The Morgan fingerprint density at radius 2 is 1.96 bits per heavy atom. The van der Waals surface area contributed by atoms with E-state index in [0.29, 0.717) is 17.4 Å². The van der Waals surface area contributed by atoms with Crippen molar-refractivity contribution in [1.82, 2.24) is 10.3 Å². The number of carbonyl (C=O) groups excluding carboxylic acids is 1. The Kier molecular flexibility index (Phi) is 4.63. The van der Waals surface area contributed by atoms with Crippen LogP contribution in [0.2, 0.25) is 0 Å². The highest BCUT2D eigenvalue weighted by atomic mass is 16.3. The maximum atomic E-state index is 12.6. The Morgan fingerprint density at radius 3 is 2.58 bits per heavy atom. The van der Waals surface area contributed by atoms with E-state index in [1.165, 1.54) is 19.3 Å². The second-order valence-electron chi connectivity index (χ2n) is 8.62. The van der Waals surface area contributed by atoms with Gasteiger partial charge in [-0.3, -0.25) is 4.79 Å². The number of rotatable bonds is 4. The summed E-state index contributed by atoms with van der Waals surface area (Å²) in [6.07, 6.45) is 9.07. The van der Waals surface area contributed by atoms with Crippen molar-refractivity contribution in [2.75, 3.05) is 0 Å². The number of carbonyl (C=O) groups is 1. The molecular weight excluding hydrogens is 325 g/mol. The lowest BCUT2D eigenvalue weighted by molar-refractivity contribution is -0.00257. The lowest BCUT2D eigenvalue weighted by Gasteiger charge is -2.36. The Balaban J connectivity index is 1.34. The Labute approximate surface area is 155 Å². The summed E-state index contributed by atoms with van der Waals surface area (Å²) >= 11 is 0. The number of hydrogen-bond acceptors (Lipinski definition) is 4. The third kappa shape index (κ3) is 3.57. The lowest BCUT2D eigenvalue weighted by atomic mass is 9.59. The predicted molar refractivity (Wildman–Crippen MR) is 104 cm³/mol. The first-order chi connectivity index (χ1) is 12.4. The normalized spacial score (nSPS) is 25.7. The molecule has 2 N–H and O–H groups in total. The number of nitrogens with zero attached hydrogens (tertiary/aromatic N) is 2. The molecule has 0 atom stereocenters. The molecule has 5 nitrogen and oxygen atoms in total. The molecule has 0 saturated heterocycles. The van der Waals surface area contributed by atoms with Crippen molar-refractivity contribution < 1.29 is 9.90 Å². The van der Waals surface area contributed by atoms with Gasteiger partial charge in [-0.05, 0) is 81.3 Å². The second kappa shape index (κ2) is 6.80. The standard InChI is InChI=1S/C20H27BN3O2/c1-20(2,26)14-6-8-15(9-7-14)23-19(25)13-10-16-18(22-11-13)24-17(21-16)12-4-3-5-12/h10-12,14-15,26H,3-9H2,1-2H3,(H,23,25). The molecule has 1 aromatic rings. The zero-order valence-corrected chi connectivity index (χ0v) is 15.7. The number of nitrogens with one attached hydrogen (secondary N) is 1. The van der Waals surface area contributed by atoms with Crippen molar-refractivity contribution >= 4 is 30.1 Å². The van der Waals surface area contributed by atoms with E-state index in [2.05, 4.69) is 22.6 Å². The van der Waals surface area contributed by atoms with Crippen molar-refractivity contribution in [3.05, 3.63) is 17.8 Å². The highest BCUT2D eigenvalue weighted by Gasteiger charge is 2.32. The van der Waals surface area contributed by atoms with Crippen molar-refractivity contribution in [2.24, 2.45) is 16.8 Å². The molecule has 2 heterocycles. The van der Waals surface area contributed by atoms with Gasteiger partial charge in [-0.25, -0.2) is 9.98 Å². The average Bonchev–Trinajstić information content (AvgIpc) is 2.95. The van der Waals surface area contributed by atoms with Crippen LogP contribution in [0, 0.1) is 11.8 Å². The van der Waals surface area contributed by atoms with Crippen LogP contribution >= 0.6 is 0 Å². The zero-order chi connectivity index (χ0) is 18.3. The Hall–Kier alpha value is -1.69. The molecule has 0 spiro atoms. The minimum absolute atomic E-state index is 0.0579. The number of fused-ring (bicyclic) bond motifs is 1. The molecular formula is C20H27BN3O2. The van der Waals surface area contributed by atoms with Crippen molar-refractivity contribution in [3.63, 3.8) is 0 Å². The summed E-state index contributed by atoms with van der Waals surface area (Å²) in [7, 11) is 2.09. The minimum Gasteiger partial charge on any atom is -0.390 e. The summed E-state index contributed by atoms with van der Waals surface area (Å²) in [5.74, 6) is 1.58. The summed E-state index contributed by atoms with van der Waals surface area (Å²) in [5, 5.41) is 13.3. The van der Waals surface area contributed by atoms with Gasteiger partial charge in [0.2, 0.25) is 7.28 Å². The summed E-state index contributed by atoms with van der Waals surface area (Å²) in [4.78, 5) is 21.6. The first kappa shape index (κ1) is 17.7. The zero-order valence-electron chi connectivity index (χ0n) is 15.7. The SMILES string of the molecule is CC(C)(O)C1CCC(NC(=O)c2cnc3c(c2)[B]C(C2CCC2)=N3)CC1. The molecule has 0 aromatic carbocycles. The number of hydrogen-bond donors (Lipinski definition) is 2. The van der Waals surface area contributed by atoms with Crippen molar-refractivity contribution in [3.8, 4) is 0 Å². The number of aromatic nitrogens is 1. The van der Waals surface area contributed by atoms with Crippen molar-refractivity contribution in [1.29, 1.82) is 0 Å². The molecule has 1 aliphatic heterocycles. The van der Waals surface area contributed by atoms with Gasteiger partial charge in [0.05, 0.1) is 11.2 Å². The summed E-state index contributed by atoms with van der Waals surface area (Å²) in [6, 6.07) is 2.09. The fourth-order valence-electron chi connectivity index (χ4n) is 4.24. The van der Waals surface area contributed by atoms with E-state index >= 15 is 0 Å². The van der Waals surface area contributed by atoms with Gasteiger partial charge in [0.25, 0.3) is 5.91 Å². The molecule has 26 heavy (non-hydrogen) atoms. The molecule has 2 aliphatic carbocycles. The highest BCUT2D eigenvalue weighted by Crippen LogP contribution is 2.33. The molecule has 6 heteroatoms. The van der Waals surface area contributed by atoms with Crippen LogP contribution in [-0.4, -0.2) is 40.5 Å². The molecule has 2 saturated carbocycles. The first-order valence-electron chi connectivity index (χ1n) is 9.87. The van der Waals surface area contributed by atoms with Gasteiger partial charge in [-0.15, -0.1) is 0 Å². The summed E-state index contributed by atoms with van der Waals surface area (Å²) < 4.78 is 0. The van der Waals surface area contributed by atoms with Gasteiger partial charge in [0.1, 0.15) is 5.82 Å². The van der Waals surface area contributed by atoms with Crippen LogP contribution in [0.15, 0.2) is 17.3 Å². The van der Waals surface area contributed by atoms with Crippen LogP contribution in [0.1, 0.15) is 69.2 Å². The summed E-state index contributed by atoms with van der Waals surface area (Å²) in [6.45, 7) is 3.76. The van der Waals surface area contributed by atoms with Gasteiger partial charge >= 0.3 is 0 Å². The van der Waals surface area contributed by atoms with Crippen LogP contribution in [0.25, 0.3) is 0 Å². The van der Waals surface area contributed by atoms with E-state index in [9.17, 15) is 9.90 Å². The van der Waals surface area contributed by atoms with Gasteiger partial charge in [0, 0.05) is 12.2 Å². The Bertz CT molecular complexity index is 729. The number of aliphatic imine (C=N–C) groups is 1. The second-order valence-corrected chi connectivity index (χ2v) is 8.62. The predicted octanol–water partition coefficient (Wildman–Crippen LogP) is 2.31. The monoisotopic (exact) mass is 352 g/mol. The van der Waals surface area contributed by atoms with Gasteiger partial charge < -0.3 is 10.4 Å². The molecule has 1 radical (unpaired) electrons. The largest absolute Gasteiger partial charge is 0.390 e. The highest BCUT2D eigenvalue weighted by molar-refractivity contribution is 6.88. The third-order valence-corrected chi connectivity index (χ3v) is 6.28. The molecule has 1 aromatic heterocycles. The number of aliphatic hydroxyl groups is 1. The van der Waals surface area contributed by atoms with Gasteiger partial charge in [0.15, 0.2) is 0 Å². The molecule has 1 amide bonds. The molecule has 0 bridgehead atoms. The molecule has 137 valence electrons. The maximum absolute atomic E-state index is 12.6. The van der Waals surface area contributed by atoms with Crippen LogP contribution in [0.4, 0.5) is 5.82 Å². The third-order valence-electron chi connectivity index (χ3n) is 6.28. The number of pyridine rings is 1. The smallest absolute Gasteiger partial charge is 0.253 e. The fraction of sp³-hybridized carbons (Fsp3) is 0.650. The Morgan fingerprint density at radius 1 is 1.23 bits per heavy atom. The topological polar surface area (TPSA) is 74.6 Å². The minimum atomic E-state index is -0.632. The fourth-order valence-corrected chi connectivity index (χ4v) is 4.24. The molecule has 3 aliphatic rings. The average molecular weight is 352 g/mol. The van der Waals surface area contributed by atoms with Crippen LogP contribution in [-0.2, 0) is 0 Å². The molecule has 2 fully saturated rings. The van der Waals surface area contributed by atoms with E-state index in [1.807, 2.05) is 19.9 Å². The van der Waals surface area contributed by atoms with E-state index in [-0.39, 0.29) is 11.9 Å². The first-order valence-corrected chi connectivity index (χ1v) is 9.87.